The lowest BCUT2D eigenvalue weighted by Gasteiger charge is -2.39. The van der Waals surface area contributed by atoms with Crippen molar-refractivity contribution in [2.45, 2.75) is 43.9 Å². The number of carbonyl (C=O) groups excluding carboxylic acids is 3. The van der Waals surface area contributed by atoms with E-state index in [1.165, 1.54) is 20.5 Å². The van der Waals surface area contributed by atoms with Crippen LogP contribution in [-0.4, -0.2) is 77.5 Å². The smallest absolute Gasteiger partial charge is 0.340 e. The minimum Gasteiger partial charge on any atom is -0.340 e. The van der Waals surface area contributed by atoms with Crippen molar-refractivity contribution in [2.75, 3.05) is 29.5 Å². The summed E-state index contributed by atoms with van der Waals surface area (Å²) in [6.07, 6.45) is -3.36. The number of para-hydroxylation sites is 1. The fourth-order valence-corrected chi connectivity index (χ4v) is 7.64. The molecular formula is C31H29F3N6O5S. The average molecular weight is 655 g/mol. The second-order valence-corrected chi connectivity index (χ2v) is 13.8. The second kappa shape index (κ2) is 11.6. The Morgan fingerprint density at radius 2 is 1.83 bits per heavy atom. The highest BCUT2D eigenvalue weighted by Crippen LogP contribution is 2.51. The summed E-state index contributed by atoms with van der Waals surface area (Å²) in [7, 11) is -3.56. The number of hydrogen-bond donors (Lipinski definition) is 1. The standard InChI is InChI=1S/C31H29F3N6O5S/c1-2-38-28-24(23(18-11-12-18)25(29(38)42)36-27(41)19-7-6-8-20(15-19)31(32,33)34)26(37-40(28)21-9-4-3-5-10-21)30(43)39-13-14-46(44,45)17-22(39)16-35/h3-10,15,18,22-23,25H,2,11-14,17H2,1H3,(H,36,41)/t22-,23-,25-/m0/s1. The number of benzene rings is 2. The Balaban J connectivity index is 1.48. The van der Waals surface area contributed by atoms with Gasteiger partial charge in [0.25, 0.3) is 17.7 Å². The maximum atomic E-state index is 14.3. The molecule has 46 heavy (non-hydrogen) atoms. The first-order chi connectivity index (χ1) is 21.8. The fourth-order valence-electron chi connectivity index (χ4n) is 6.26. The molecule has 2 fully saturated rings. The molecular weight excluding hydrogens is 625 g/mol. The Morgan fingerprint density at radius 3 is 2.46 bits per heavy atom. The van der Waals surface area contributed by atoms with E-state index in [0.29, 0.717) is 36.0 Å². The lowest BCUT2D eigenvalue weighted by atomic mass is 9.82. The van der Waals surface area contributed by atoms with E-state index in [9.17, 15) is 41.2 Å². The van der Waals surface area contributed by atoms with Crippen molar-refractivity contribution < 1.29 is 36.0 Å². The van der Waals surface area contributed by atoms with E-state index in [1.807, 2.05) is 6.07 Å². The first-order valence-electron chi connectivity index (χ1n) is 14.7. The number of amides is 3. The van der Waals surface area contributed by atoms with Crippen molar-refractivity contribution in [2.24, 2.45) is 5.92 Å². The third-order valence-electron chi connectivity index (χ3n) is 8.61. The largest absolute Gasteiger partial charge is 0.416 e. The van der Waals surface area contributed by atoms with Crippen LogP contribution in [0.3, 0.4) is 0 Å². The van der Waals surface area contributed by atoms with Crippen LogP contribution in [-0.2, 0) is 20.8 Å². The number of aromatic nitrogens is 2. The number of hydrogen-bond acceptors (Lipinski definition) is 7. The Labute approximate surface area is 262 Å². The predicted octanol–water partition coefficient (Wildman–Crippen LogP) is 3.31. The van der Waals surface area contributed by atoms with Crippen LogP contribution < -0.4 is 10.2 Å². The Kier molecular flexibility index (Phi) is 7.87. The summed E-state index contributed by atoms with van der Waals surface area (Å²) in [6.45, 7) is 1.58. The van der Waals surface area contributed by atoms with Crippen LogP contribution in [0, 0.1) is 17.2 Å². The van der Waals surface area contributed by atoms with Gasteiger partial charge in [0.05, 0.1) is 28.8 Å². The third-order valence-corrected chi connectivity index (χ3v) is 10.2. The summed E-state index contributed by atoms with van der Waals surface area (Å²) in [5, 5.41) is 17.1. The highest BCUT2D eigenvalue weighted by Gasteiger charge is 2.52. The Bertz CT molecular complexity index is 1870. The van der Waals surface area contributed by atoms with E-state index in [0.717, 1.165) is 12.1 Å². The molecule has 3 atom stereocenters. The topological polar surface area (TPSA) is 145 Å². The lowest BCUT2D eigenvalue weighted by molar-refractivity contribution is -0.137. The molecule has 0 spiro atoms. The number of halogens is 3. The summed E-state index contributed by atoms with van der Waals surface area (Å²) in [5.74, 6) is -3.58. The summed E-state index contributed by atoms with van der Waals surface area (Å²) in [5.41, 5.74) is -0.493. The average Bonchev–Trinajstić information content (AvgIpc) is 3.80. The van der Waals surface area contributed by atoms with Crippen molar-refractivity contribution in [3.8, 4) is 11.8 Å². The zero-order chi connectivity index (χ0) is 33.0. The molecule has 0 bridgehead atoms. The predicted molar refractivity (Wildman–Crippen MR) is 159 cm³/mol. The van der Waals surface area contributed by atoms with Gasteiger partial charge in [0.15, 0.2) is 15.5 Å². The normalized spacial score (nSPS) is 22.6. The van der Waals surface area contributed by atoms with Crippen molar-refractivity contribution in [1.29, 1.82) is 5.26 Å². The van der Waals surface area contributed by atoms with Gasteiger partial charge < -0.3 is 10.2 Å². The molecule has 1 aromatic heterocycles. The summed E-state index contributed by atoms with van der Waals surface area (Å²) < 4.78 is 66.3. The number of carbonyl (C=O) groups is 3. The molecule has 2 aromatic carbocycles. The zero-order valence-corrected chi connectivity index (χ0v) is 25.4. The second-order valence-electron chi connectivity index (χ2n) is 11.6. The number of likely N-dealkylation sites (N-methyl/N-ethyl adjacent to an activating group) is 1. The number of alkyl halides is 3. The minimum absolute atomic E-state index is 0.0837. The zero-order valence-electron chi connectivity index (χ0n) is 24.6. The van der Waals surface area contributed by atoms with Crippen molar-refractivity contribution in [1.82, 2.24) is 20.0 Å². The number of nitriles is 1. The SMILES string of the molecule is CCN1C(=O)[C@@H](NC(=O)c2cccc(C(F)(F)F)c2)[C@@H](C2CC2)c2c(C(=O)N3CCS(=O)(=O)C[C@@H]3C#N)nn(-c3ccccc3)c21. The van der Waals surface area contributed by atoms with E-state index in [1.54, 1.807) is 37.3 Å². The number of rotatable bonds is 6. The monoisotopic (exact) mass is 654 g/mol. The van der Waals surface area contributed by atoms with Gasteiger partial charge >= 0.3 is 6.18 Å². The Hall–Kier alpha value is -4.71. The molecule has 6 rings (SSSR count). The van der Waals surface area contributed by atoms with E-state index < -0.39 is 63.1 Å². The first-order valence-corrected chi connectivity index (χ1v) is 16.6. The fraction of sp³-hybridized carbons (Fsp3) is 0.387. The molecule has 1 saturated carbocycles. The van der Waals surface area contributed by atoms with E-state index in [2.05, 4.69) is 10.4 Å². The summed E-state index contributed by atoms with van der Waals surface area (Å²) in [6, 6.07) is 12.1. The number of nitrogens with one attached hydrogen (secondary N) is 1. The first kappa shape index (κ1) is 31.3. The van der Waals surface area contributed by atoms with Gasteiger partial charge in [0.2, 0.25) is 0 Å². The molecule has 2 aliphatic heterocycles. The van der Waals surface area contributed by atoms with Gasteiger partial charge in [-0.3, -0.25) is 19.3 Å². The van der Waals surface area contributed by atoms with Gasteiger partial charge in [0, 0.05) is 30.1 Å². The Morgan fingerprint density at radius 1 is 1.11 bits per heavy atom. The molecule has 15 heteroatoms. The minimum atomic E-state index is -4.68. The van der Waals surface area contributed by atoms with E-state index in [4.69, 9.17) is 0 Å². The molecule has 3 heterocycles. The van der Waals surface area contributed by atoms with Crippen LogP contribution >= 0.6 is 0 Å². The van der Waals surface area contributed by atoms with Gasteiger partial charge in [-0.1, -0.05) is 24.3 Å². The number of anilines is 1. The molecule has 3 aromatic rings. The van der Waals surface area contributed by atoms with E-state index >= 15 is 0 Å². The molecule has 1 saturated heterocycles. The molecule has 0 radical (unpaired) electrons. The molecule has 240 valence electrons. The highest BCUT2D eigenvalue weighted by molar-refractivity contribution is 7.91. The quantitative estimate of drug-likeness (QED) is 0.429. The van der Waals surface area contributed by atoms with Crippen LogP contribution in [0.2, 0.25) is 0 Å². The summed E-state index contributed by atoms with van der Waals surface area (Å²) in [4.78, 5) is 44.4. The molecule has 1 N–H and O–H groups in total. The van der Waals surface area contributed by atoms with Gasteiger partial charge in [-0.25, -0.2) is 13.1 Å². The van der Waals surface area contributed by atoms with Crippen molar-refractivity contribution in [3.63, 3.8) is 0 Å². The van der Waals surface area contributed by atoms with E-state index in [-0.39, 0.29) is 36.0 Å². The van der Waals surface area contributed by atoms with Gasteiger partial charge in [-0.05, 0) is 56.0 Å². The molecule has 1 aliphatic carbocycles. The highest BCUT2D eigenvalue weighted by atomic mass is 32.2. The molecule has 11 nitrogen and oxygen atoms in total. The number of nitrogens with zero attached hydrogens (tertiary/aromatic N) is 5. The molecule has 3 aliphatic rings. The number of fused-ring (bicyclic) bond motifs is 1. The molecule has 0 unspecified atom stereocenters. The number of sulfone groups is 1. The molecule has 3 amide bonds. The van der Waals surface area contributed by atoms with Crippen LogP contribution in [0.1, 0.15) is 57.7 Å². The maximum absolute atomic E-state index is 14.3. The van der Waals surface area contributed by atoms with Gasteiger partial charge in [-0.2, -0.15) is 23.5 Å². The maximum Gasteiger partial charge on any atom is 0.416 e. The van der Waals surface area contributed by atoms with Crippen molar-refractivity contribution >= 4 is 33.4 Å². The third kappa shape index (κ3) is 5.61. The summed E-state index contributed by atoms with van der Waals surface area (Å²) >= 11 is 0. The lowest BCUT2D eigenvalue weighted by Crippen LogP contribution is -2.56. The van der Waals surface area contributed by atoms with Gasteiger partial charge in [-0.15, -0.1) is 0 Å². The van der Waals surface area contributed by atoms with Gasteiger partial charge in [0.1, 0.15) is 17.9 Å². The van der Waals surface area contributed by atoms with Crippen LogP contribution in [0.25, 0.3) is 5.69 Å². The van der Waals surface area contributed by atoms with Crippen LogP contribution in [0.4, 0.5) is 19.0 Å². The van der Waals surface area contributed by atoms with Crippen LogP contribution in [0.15, 0.2) is 54.6 Å². The van der Waals surface area contributed by atoms with Crippen molar-refractivity contribution in [3.05, 3.63) is 77.0 Å². The van der Waals surface area contributed by atoms with Crippen LogP contribution in [0.5, 0.6) is 0 Å².